The molecule has 0 amide bonds. The molecule has 0 aliphatic rings. The van der Waals surface area contributed by atoms with Gasteiger partial charge in [-0.1, -0.05) is 24.3 Å². The lowest BCUT2D eigenvalue weighted by Gasteiger charge is -2.27. The van der Waals surface area contributed by atoms with Crippen LogP contribution in [0.25, 0.3) is 0 Å². The van der Waals surface area contributed by atoms with E-state index in [1.54, 1.807) is 6.21 Å². The number of aliphatic imine (C=N–C) groups is 1. The van der Waals surface area contributed by atoms with Crippen molar-refractivity contribution in [1.29, 1.82) is 0 Å². The van der Waals surface area contributed by atoms with E-state index in [-0.39, 0.29) is 0 Å². The normalized spacial score (nSPS) is 12.8. The van der Waals surface area contributed by atoms with E-state index >= 15 is 0 Å². The third-order valence-corrected chi connectivity index (χ3v) is 4.45. The first-order valence-electron chi connectivity index (χ1n) is 6.08. The van der Waals surface area contributed by atoms with Gasteiger partial charge in [-0.25, -0.2) is 10.0 Å². The standard InChI is InChI=1S/C16H19NOS/c1-19(2,3)15-11-7-8-13(16(15)18)12-17-14-9-5-4-6-10-14/h4-12,18H,1-3H3. The summed E-state index contributed by atoms with van der Waals surface area (Å²) in [6.45, 7) is 0. The van der Waals surface area contributed by atoms with Crippen LogP contribution < -0.4 is 0 Å². The molecule has 19 heavy (non-hydrogen) atoms. The van der Waals surface area contributed by atoms with E-state index in [1.165, 1.54) is 0 Å². The zero-order valence-electron chi connectivity index (χ0n) is 11.5. The highest BCUT2D eigenvalue weighted by Gasteiger charge is 2.14. The van der Waals surface area contributed by atoms with Gasteiger partial charge in [-0.2, -0.15) is 0 Å². The van der Waals surface area contributed by atoms with Crippen LogP contribution in [0.3, 0.4) is 0 Å². The van der Waals surface area contributed by atoms with Crippen molar-refractivity contribution in [3.05, 3.63) is 54.1 Å². The summed E-state index contributed by atoms with van der Waals surface area (Å²) in [5.74, 6) is 0.352. The van der Waals surface area contributed by atoms with Gasteiger partial charge in [0.15, 0.2) is 0 Å². The molecule has 0 fully saturated rings. The Balaban J connectivity index is 2.34. The Morgan fingerprint density at radius 1 is 0.947 bits per heavy atom. The molecule has 0 aliphatic heterocycles. The third kappa shape index (κ3) is 3.38. The van der Waals surface area contributed by atoms with Gasteiger partial charge in [-0.05, 0) is 43.0 Å². The lowest BCUT2D eigenvalue weighted by Crippen LogP contribution is -1.95. The van der Waals surface area contributed by atoms with E-state index in [0.717, 1.165) is 16.1 Å². The molecule has 0 radical (unpaired) electrons. The summed E-state index contributed by atoms with van der Waals surface area (Å²) >= 11 is 0. The number of nitrogens with zero attached hydrogens (tertiary/aromatic N) is 1. The molecular formula is C16H19NOS. The second-order valence-electron chi connectivity index (χ2n) is 5.12. The minimum absolute atomic E-state index is 0.352. The molecule has 0 spiro atoms. The summed E-state index contributed by atoms with van der Waals surface area (Å²) in [6.07, 6.45) is 8.22. The van der Waals surface area contributed by atoms with Crippen molar-refractivity contribution in [3.63, 3.8) is 0 Å². The Kier molecular flexibility index (Phi) is 3.96. The fraction of sp³-hybridized carbons (Fsp3) is 0.188. The molecular weight excluding hydrogens is 254 g/mol. The topological polar surface area (TPSA) is 32.6 Å². The van der Waals surface area contributed by atoms with Crippen LogP contribution in [0.5, 0.6) is 5.75 Å². The average molecular weight is 273 g/mol. The van der Waals surface area contributed by atoms with Crippen LogP contribution in [-0.4, -0.2) is 30.1 Å². The number of rotatable bonds is 3. The summed E-state index contributed by atoms with van der Waals surface area (Å²) in [6, 6.07) is 15.6. The molecule has 2 aromatic carbocycles. The molecule has 3 heteroatoms. The number of phenolic OH excluding ortho intramolecular Hbond substituents is 1. The molecule has 0 saturated carbocycles. The van der Waals surface area contributed by atoms with Crippen LogP contribution in [0, 0.1) is 0 Å². The molecule has 0 aromatic heterocycles. The van der Waals surface area contributed by atoms with Crippen LogP contribution in [-0.2, 0) is 0 Å². The molecule has 0 bridgehead atoms. The van der Waals surface area contributed by atoms with Crippen molar-refractivity contribution in [2.45, 2.75) is 4.90 Å². The molecule has 1 N–H and O–H groups in total. The third-order valence-electron chi connectivity index (χ3n) is 2.80. The van der Waals surface area contributed by atoms with Gasteiger partial charge in [-0.15, -0.1) is 0 Å². The molecule has 0 unspecified atom stereocenters. The van der Waals surface area contributed by atoms with Crippen LogP contribution >= 0.6 is 10.0 Å². The minimum atomic E-state index is -0.951. The maximum Gasteiger partial charge on any atom is 0.136 e. The number of aromatic hydroxyl groups is 1. The molecule has 0 atom stereocenters. The van der Waals surface area contributed by atoms with Gasteiger partial charge in [0, 0.05) is 16.7 Å². The molecule has 2 nitrogen and oxygen atoms in total. The van der Waals surface area contributed by atoms with Crippen LogP contribution in [0.15, 0.2) is 58.4 Å². The molecule has 2 aromatic rings. The maximum absolute atomic E-state index is 10.3. The fourth-order valence-corrected chi connectivity index (χ4v) is 2.98. The zero-order chi connectivity index (χ0) is 13.9. The van der Waals surface area contributed by atoms with Crippen LogP contribution in [0.4, 0.5) is 5.69 Å². The van der Waals surface area contributed by atoms with Crippen LogP contribution in [0.1, 0.15) is 5.56 Å². The van der Waals surface area contributed by atoms with Crippen LogP contribution in [0.2, 0.25) is 0 Å². The largest absolute Gasteiger partial charge is 0.506 e. The fourth-order valence-electron chi connectivity index (χ4n) is 1.80. The highest BCUT2D eigenvalue weighted by Crippen LogP contribution is 2.50. The maximum atomic E-state index is 10.3. The van der Waals surface area contributed by atoms with E-state index < -0.39 is 10.0 Å². The van der Waals surface area contributed by atoms with Crippen molar-refractivity contribution in [2.75, 3.05) is 18.8 Å². The number of phenols is 1. The molecule has 0 aliphatic carbocycles. The Hall–Kier alpha value is -1.74. The second kappa shape index (κ2) is 5.49. The van der Waals surface area contributed by atoms with Crippen molar-refractivity contribution >= 4 is 21.9 Å². The van der Waals surface area contributed by atoms with Gasteiger partial charge in [0.25, 0.3) is 0 Å². The first-order valence-corrected chi connectivity index (χ1v) is 8.94. The Labute approximate surface area is 116 Å². The number of hydrogen-bond acceptors (Lipinski definition) is 2. The monoisotopic (exact) mass is 273 g/mol. The van der Waals surface area contributed by atoms with Crippen molar-refractivity contribution in [3.8, 4) is 5.75 Å². The lowest BCUT2D eigenvalue weighted by molar-refractivity contribution is 0.461. The smallest absolute Gasteiger partial charge is 0.136 e. The summed E-state index contributed by atoms with van der Waals surface area (Å²) < 4.78 is 0. The van der Waals surface area contributed by atoms with E-state index in [2.05, 4.69) is 23.8 Å². The Bertz CT molecular complexity index is 585. The second-order valence-corrected chi connectivity index (χ2v) is 9.24. The number of benzene rings is 2. The van der Waals surface area contributed by atoms with E-state index in [1.807, 2.05) is 48.5 Å². The first kappa shape index (κ1) is 13.7. The summed E-state index contributed by atoms with van der Waals surface area (Å²) in [5.41, 5.74) is 1.65. The average Bonchev–Trinajstić information content (AvgIpc) is 2.37. The zero-order valence-corrected chi connectivity index (χ0v) is 12.3. The van der Waals surface area contributed by atoms with Crippen molar-refractivity contribution in [1.82, 2.24) is 0 Å². The van der Waals surface area contributed by atoms with Crippen molar-refractivity contribution in [2.24, 2.45) is 4.99 Å². The van der Waals surface area contributed by atoms with Crippen molar-refractivity contribution < 1.29 is 5.11 Å². The molecule has 2 rings (SSSR count). The molecule has 100 valence electrons. The van der Waals surface area contributed by atoms with E-state index in [0.29, 0.717) is 5.75 Å². The highest BCUT2D eigenvalue weighted by atomic mass is 32.3. The quantitative estimate of drug-likeness (QED) is 0.835. The number of para-hydroxylation sites is 2. The van der Waals surface area contributed by atoms with Gasteiger partial charge in [0.2, 0.25) is 0 Å². The lowest BCUT2D eigenvalue weighted by atomic mass is 10.2. The van der Waals surface area contributed by atoms with E-state index in [9.17, 15) is 5.11 Å². The Morgan fingerprint density at radius 3 is 2.26 bits per heavy atom. The van der Waals surface area contributed by atoms with Gasteiger partial charge in [0.1, 0.15) is 5.75 Å². The van der Waals surface area contributed by atoms with E-state index in [4.69, 9.17) is 0 Å². The summed E-state index contributed by atoms with van der Waals surface area (Å²) in [4.78, 5) is 5.40. The first-order chi connectivity index (χ1) is 8.98. The van der Waals surface area contributed by atoms with Gasteiger partial charge in [-0.3, -0.25) is 4.99 Å². The van der Waals surface area contributed by atoms with Gasteiger partial charge >= 0.3 is 0 Å². The molecule has 0 heterocycles. The molecule has 0 saturated heterocycles. The van der Waals surface area contributed by atoms with Gasteiger partial charge < -0.3 is 5.11 Å². The summed E-state index contributed by atoms with van der Waals surface area (Å²) in [5, 5.41) is 10.3. The number of hydrogen-bond donors (Lipinski definition) is 1. The predicted octanol–water partition coefficient (Wildman–Crippen LogP) is 4.20. The highest BCUT2D eigenvalue weighted by molar-refractivity contribution is 8.32. The minimum Gasteiger partial charge on any atom is -0.506 e. The van der Waals surface area contributed by atoms with Gasteiger partial charge in [0.05, 0.1) is 5.69 Å². The SMILES string of the molecule is CS(C)(C)c1cccc(C=Nc2ccccc2)c1O. The predicted molar refractivity (Wildman–Crippen MR) is 85.4 cm³/mol. The summed E-state index contributed by atoms with van der Waals surface area (Å²) in [7, 11) is -0.951. The Morgan fingerprint density at radius 2 is 1.63 bits per heavy atom.